The van der Waals surface area contributed by atoms with Crippen molar-refractivity contribution in [1.29, 1.82) is 0 Å². The third-order valence-corrected chi connectivity index (χ3v) is 4.49. The third-order valence-electron chi connectivity index (χ3n) is 4.25. The molecule has 1 atom stereocenters. The number of carbonyl (C=O) groups is 1. The molecule has 120 valence electrons. The first-order valence-corrected chi connectivity index (χ1v) is 8.04. The molecule has 1 unspecified atom stereocenters. The maximum atomic E-state index is 12.0. The van der Waals surface area contributed by atoms with Crippen LogP contribution in [-0.2, 0) is 15.9 Å². The monoisotopic (exact) mass is 324 g/mol. The van der Waals surface area contributed by atoms with Gasteiger partial charge in [-0.2, -0.15) is 0 Å². The predicted octanol–water partition coefficient (Wildman–Crippen LogP) is 2.78. The number of urea groups is 1. The zero-order chi connectivity index (χ0) is 15.6. The van der Waals surface area contributed by atoms with Crippen LogP contribution in [0.4, 0.5) is 4.79 Å². The average Bonchev–Trinajstić information content (AvgIpc) is 3.06. The van der Waals surface area contributed by atoms with Gasteiger partial charge in [-0.25, -0.2) is 4.79 Å². The zero-order valence-corrected chi connectivity index (χ0v) is 13.4. The van der Waals surface area contributed by atoms with E-state index in [1.807, 2.05) is 25.1 Å². The fraction of sp³-hybridized carbons (Fsp3) is 0.562. The number of hydrogen-bond acceptors (Lipinski definition) is 3. The Morgan fingerprint density at radius 3 is 2.95 bits per heavy atom. The first kappa shape index (κ1) is 15.6. The van der Waals surface area contributed by atoms with Gasteiger partial charge in [0.15, 0.2) is 5.79 Å². The van der Waals surface area contributed by atoms with Crippen LogP contribution in [0.25, 0.3) is 0 Å². The van der Waals surface area contributed by atoms with Gasteiger partial charge in [0.25, 0.3) is 0 Å². The molecular formula is C16H21ClN2O3. The number of carbonyl (C=O) groups excluding carboxylic acids is 1. The lowest BCUT2D eigenvalue weighted by Crippen LogP contribution is -2.40. The summed E-state index contributed by atoms with van der Waals surface area (Å²) in [6.07, 6.45) is 2.49. The average molecular weight is 325 g/mol. The van der Waals surface area contributed by atoms with Gasteiger partial charge < -0.3 is 20.1 Å². The maximum Gasteiger partial charge on any atom is 0.315 e. The van der Waals surface area contributed by atoms with Crippen molar-refractivity contribution in [3.63, 3.8) is 0 Å². The molecule has 3 rings (SSSR count). The molecule has 1 aliphatic heterocycles. The molecule has 1 heterocycles. The number of hydrogen-bond donors (Lipinski definition) is 2. The van der Waals surface area contributed by atoms with Crippen molar-refractivity contribution in [2.24, 2.45) is 0 Å². The van der Waals surface area contributed by atoms with Crippen molar-refractivity contribution >= 4 is 17.6 Å². The summed E-state index contributed by atoms with van der Waals surface area (Å²) in [5.74, 6) is -0.565. The number of benzene rings is 1. The number of aryl methyl sites for hydroxylation is 1. The predicted molar refractivity (Wildman–Crippen MR) is 84.0 cm³/mol. The van der Waals surface area contributed by atoms with Crippen LogP contribution in [0.2, 0.25) is 5.02 Å². The molecule has 2 amide bonds. The van der Waals surface area contributed by atoms with Gasteiger partial charge >= 0.3 is 6.03 Å². The SMILES string of the molecule is CC1(CCNC(=O)NC2CCc3cc(Cl)ccc32)OCCO1. The Bertz CT molecular complexity index is 558. The Balaban J connectivity index is 1.47. The van der Waals surface area contributed by atoms with E-state index in [0.717, 1.165) is 23.4 Å². The summed E-state index contributed by atoms with van der Waals surface area (Å²) in [6, 6.07) is 5.74. The molecule has 1 fully saturated rings. The highest BCUT2D eigenvalue weighted by Crippen LogP contribution is 2.32. The molecule has 2 aliphatic rings. The molecule has 22 heavy (non-hydrogen) atoms. The highest BCUT2D eigenvalue weighted by molar-refractivity contribution is 6.30. The van der Waals surface area contributed by atoms with E-state index in [1.165, 1.54) is 5.56 Å². The molecule has 5 nitrogen and oxygen atoms in total. The normalized spacial score (nSPS) is 22.4. The topological polar surface area (TPSA) is 59.6 Å². The zero-order valence-electron chi connectivity index (χ0n) is 12.7. The lowest BCUT2D eigenvalue weighted by Gasteiger charge is -2.22. The van der Waals surface area contributed by atoms with Crippen LogP contribution in [0.1, 0.15) is 36.9 Å². The summed E-state index contributed by atoms with van der Waals surface area (Å²) >= 11 is 6.00. The summed E-state index contributed by atoms with van der Waals surface area (Å²) in [5, 5.41) is 6.63. The Kier molecular flexibility index (Phi) is 4.57. The van der Waals surface area contributed by atoms with Crippen LogP contribution in [0.15, 0.2) is 18.2 Å². The Labute approximate surface area is 135 Å². The standard InChI is InChI=1S/C16H21ClN2O3/c1-16(21-8-9-22-16)6-7-18-15(20)19-14-5-2-11-10-12(17)3-4-13(11)14/h3-4,10,14H,2,5-9H2,1H3,(H2,18,19,20). The molecule has 6 heteroatoms. The van der Waals surface area contributed by atoms with Crippen LogP contribution in [0, 0.1) is 0 Å². The highest BCUT2D eigenvalue weighted by Gasteiger charge is 2.30. The van der Waals surface area contributed by atoms with Crippen LogP contribution in [0.3, 0.4) is 0 Å². The summed E-state index contributed by atoms with van der Waals surface area (Å²) in [6.45, 7) is 3.65. The molecule has 1 aromatic carbocycles. The number of halogens is 1. The van der Waals surface area contributed by atoms with E-state index in [9.17, 15) is 4.79 Å². The Hall–Kier alpha value is -1.30. The van der Waals surface area contributed by atoms with Crippen molar-refractivity contribution in [3.8, 4) is 0 Å². The van der Waals surface area contributed by atoms with Gasteiger partial charge in [-0.15, -0.1) is 0 Å². The minimum Gasteiger partial charge on any atom is -0.348 e. The first-order chi connectivity index (χ1) is 10.6. The van der Waals surface area contributed by atoms with Crippen molar-refractivity contribution in [2.75, 3.05) is 19.8 Å². The summed E-state index contributed by atoms with van der Waals surface area (Å²) in [7, 11) is 0. The van der Waals surface area contributed by atoms with Gasteiger partial charge in [0.1, 0.15) is 0 Å². The maximum absolute atomic E-state index is 12.0. The molecule has 2 N–H and O–H groups in total. The molecule has 0 aromatic heterocycles. The van der Waals surface area contributed by atoms with E-state index in [1.54, 1.807) is 0 Å². The van der Waals surface area contributed by atoms with Crippen molar-refractivity contribution < 1.29 is 14.3 Å². The van der Waals surface area contributed by atoms with E-state index in [0.29, 0.717) is 26.2 Å². The minimum atomic E-state index is -0.565. The van der Waals surface area contributed by atoms with Crippen molar-refractivity contribution in [3.05, 3.63) is 34.3 Å². The van der Waals surface area contributed by atoms with Gasteiger partial charge in [-0.05, 0) is 43.0 Å². The summed E-state index contributed by atoms with van der Waals surface area (Å²) in [4.78, 5) is 12.0. The molecule has 0 saturated carbocycles. The third kappa shape index (κ3) is 3.54. The molecule has 1 aromatic rings. The lowest BCUT2D eigenvalue weighted by atomic mass is 10.1. The second kappa shape index (κ2) is 6.44. The Morgan fingerprint density at radius 1 is 1.41 bits per heavy atom. The van der Waals surface area contributed by atoms with Gasteiger partial charge in [-0.3, -0.25) is 0 Å². The summed E-state index contributed by atoms with van der Waals surface area (Å²) < 4.78 is 11.0. The minimum absolute atomic E-state index is 0.0573. The van der Waals surface area contributed by atoms with E-state index in [-0.39, 0.29) is 12.1 Å². The van der Waals surface area contributed by atoms with Crippen LogP contribution in [0.5, 0.6) is 0 Å². The van der Waals surface area contributed by atoms with Gasteiger partial charge in [0.2, 0.25) is 0 Å². The molecular weight excluding hydrogens is 304 g/mol. The molecule has 0 bridgehead atoms. The Morgan fingerprint density at radius 2 is 2.18 bits per heavy atom. The largest absolute Gasteiger partial charge is 0.348 e. The number of nitrogens with one attached hydrogen (secondary N) is 2. The fourth-order valence-corrected chi connectivity index (χ4v) is 3.24. The lowest BCUT2D eigenvalue weighted by molar-refractivity contribution is -0.145. The van der Waals surface area contributed by atoms with Crippen LogP contribution in [-0.4, -0.2) is 31.6 Å². The second-order valence-corrected chi connectivity index (χ2v) is 6.35. The molecule has 0 radical (unpaired) electrons. The van der Waals surface area contributed by atoms with E-state index in [2.05, 4.69) is 10.6 Å². The van der Waals surface area contributed by atoms with Crippen molar-refractivity contribution in [2.45, 2.75) is 38.0 Å². The number of fused-ring (bicyclic) bond motifs is 1. The smallest absolute Gasteiger partial charge is 0.315 e. The van der Waals surface area contributed by atoms with E-state index in [4.69, 9.17) is 21.1 Å². The number of ether oxygens (including phenoxy) is 2. The van der Waals surface area contributed by atoms with Gasteiger partial charge in [0, 0.05) is 18.0 Å². The van der Waals surface area contributed by atoms with Gasteiger partial charge in [0.05, 0.1) is 19.3 Å². The molecule has 0 spiro atoms. The highest BCUT2D eigenvalue weighted by atomic mass is 35.5. The second-order valence-electron chi connectivity index (χ2n) is 5.92. The van der Waals surface area contributed by atoms with E-state index < -0.39 is 5.79 Å². The summed E-state index contributed by atoms with van der Waals surface area (Å²) in [5.41, 5.74) is 2.38. The van der Waals surface area contributed by atoms with Crippen LogP contribution >= 0.6 is 11.6 Å². The molecule has 1 aliphatic carbocycles. The molecule has 1 saturated heterocycles. The van der Waals surface area contributed by atoms with Crippen LogP contribution < -0.4 is 10.6 Å². The number of amides is 2. The first-order valence-electron chi connectivity index (χ1n) is 7.66. The number of rotatable bonds is 4. The fourth-order valence-electron chi connectivity index (χ4n) is 3.05. The van der Waals surface area contributed by atoms with Gasteiger partial charge in [-0.1, -0.05) is 17.7 Å². The van der Waals surface area contributed by atoms with E-state index >= 15 is 0 Å². The van der Waals surface area contributed by atoms with Crippen molar-refractivity contribution in [1.82, 2.24) is 10.6 Å². The quantitative estimate of drug-likeness (QED) is 0.895.